The van der Waals surface area contributed by atoms with Gasteiger partial charge in [-0.25, -0.2) is 0 Å². The summed E-state index contributed by atoms with van der Waals surface area (Å²) in [6.45, 7) is 4.88. The van der Waals surface area contributed by atoms with Gasteiger partial charge < -0.3 is 10.0 Å². The fourth-order valence-corrected chi connectivity index (χ4v) is 2.39. The summed E-state index contributed by atoms with van der Waals surface area (Å²) >= 11 is 0. The average molecular weight is 227 g/mol. The summed E-state index contributed by atoms with van der Waals surface area (Å²) in [6.07, 6.45) is 6.27. The van der Waals surface area contributed by atoms with E-state index in [9.17, 15) is 4.79 Å². The average Bonchev–Trinajstić information content (AvgIpc) is 2.75. The van der Waals surface area contributed by atoms with E-state index in [0.29, 0.717) is 24.9 Å². The van der Waals surface area contributed by atoms with Gasteiger partial charge in [-0.1, -0.05) is 26.7 Å². The summed E-state index contributed by atoms with van der Waals surface area (Å²) in [6, 6.07) is 0.395. The first kappa shape index (κ1) is 13.5. The lowest BCUT2D eigenvalue weighted by atomic mass is 10.1. The van der Waals surface area contributed by atoms with Crippen LogP contribution in [0.25, 0.3) is 0 Å². The molecule has 0 atom stereocenters. The topological polar surface area (TPSA) is 40.5 Å². The molecule has 0 aromatic rings. The van der Waals surface area contributed by atoms with Crippen LogP contribution < -0.4 is 0 Å². The number of nitrogens with zero attached hydrogens (tertiary/aromatic N) is 1. The van der Waals surface area contributed by atoms with E-state index < -0.39 is 0 Å². The number of carbonyl (C=O) groups excluding carboxylic acids is 1. The largest absolute Gasteiger partial charge is 0.395 e. The molecule has 0 aliphatic heterocycles. The van der Waals surface area contributed by atoms with Crippen molar-refractivity contribution >= 4 is 5.91 Å². The Bertz CT molecular complexity index is 210. The Hall–Kier alpha value is -0.570. The van der Waals surface area contributed by atoms with Crippen molar-refractivity contribution in [3.05, 3.63) is 0 Å². The first-order valence-electron chi connectivity index (χ1n) is 6.55. The minimum atomic E-state index is 0.0872. The highest BCUT2D eigenvalue weighted by atomic mass is 16.3. The van der Waals surface area contributed by atoms with Crippen molar-refractivity contribution in [1.82, 2.24) is 4.90 Å². The van der Waals surface area contributed by atoms with Crippen molar-refractivity contribution in [3.63, 3.8) is 0 Å². The SMILES string of the molecule is CC(C)CCC(=O)N(CCO)C1CCCC1. The zero-order valence-electron chi connectivity index (χ0n) is 10.6. The monoisotopic (exact) mass is 227 g/mol. The van der Waals surface area contributed by atoms with Crippen LogP contribution in [0.5, 0.6) is 0 Å². The van der Waals surface area contributed by atoms with Crippen LogP contribution in [0, 0.1) is 5.92 Å². The van der Waals surface area contributed by atoms with E-state index in [4.69, 9.17) is 5.11 Å². The Kier molecular flexibility index (Phi) is 5.81. The van der Waals surface area contributed by atoms with Crippen LogP contribution in [0.2, 0.25) is 0 Å². The Balaban J connectivity index is 2.44. The number of carbonyl (C=O) groups is 1. The number of aliphatic hydroxyl groups is 1. The maximum Gasteiger partial charge on any atom is 0.222 e. The molecular weight excluding hydrogens is 202 g/mol. The lowest BCUT2D eigenvalue weighted by molar-refractivity contribution is -0.134. The third-order valence-electron chi connectivity index (χ3n) is 3.36. The molecule has 0 aromatic carbocycles. The Labute approximate surface area is 98.8 Å². The second-order valence-electron chi connectivity index (χ2n) is 5.18. The van der Waals surface area contributed by atoms with Gasteiger partial charge in [-0.15, -0.1) is 0 Å². The summed E-state index contributed by atoms with van der Waals surface area (Å²) in [5.41, 5.74) is 0. The van der Waals surface area contributed by atoms with Crippen molar-refractivity contribution in [2.45, 2.75) is 58.4 Å². The molecular formula is C13H25NO2. The molecule has 0 saturated heterocycles. The lowest BCUT2D eigenvalue weighted by Gasteiger charge is -2.28. The zero-order chi connectivity index (χ0) is 12.0. The molecule has 94 valence electrons. The molecule has 1 aliphatic rings. The van der Waals surface area contributed by atoms with Gasteiger partial charge in [0.2, 0.25) is 5.91 Å². The van der Waals surface area contributed by atoms with Gasteiger partial charge in [0.05, 0.1) is 6.61 Å². The summed E-state index contributed by atoms with van der Waals surface area (Å²) < 4.78 is 0. The molecule has 0 radical (unpaired) electrons. The van der Waals surface area contributed by atoms with Gasteiger partial charge >= 0.3 is 0 Å². The Morgan fingerprint density at radius 2 is 2.00 bits per heavy atom. The van der Waals surface area contributed by atoms with Crippen LogP contribution in [-0.4, -0.2) is 35.1 Å². The summed E-state index contributed by atoms with van der Waals surface area (Å²) in [5, 5.41) is 9.03. The van der Waals surface area contributed by atoms with Crippen LogP contribution in [0.3, 0.4) is 0 Å². The van der Waals surface area contributed by atoms with Crippen molar-refractivity contribution in [1.29, 1.82) is 0 Å². The quantitative estimate of drug-likeness (QED) is 0.755. The zero-order valence-corrected chi connectivity index (χ0v) is 10.6. The minimum Gasteiger partial charge on any atom is -0.395 e. The third-order valence-corrected chi connectivity index (χ3v) is 3.36. The van der Waals surface area contributed by atoms with Crippen molar-refractivity contribution in [3.8, 4) is 0 Å². The first-order valence-corrected chi connectivity index (χ1v) is 6.55. The molecule has 1 rings (SSSR count). The maximum absolute atomic E-state index is 12.0. The van der Waals surface area contributed by atoms with E-state index >= 15 is 0 Å². The molecule has 0 heterocycles. The smallest absolute Gasteiger partial charge is 0.222 e. The van der Waals surface area contributed by atoms with E-state index in [2.05, 4.69) is 13.8 Å². The van der Waals surface area contributed by atoms with E-state index in [1.54, 1.807) is 0 Å². The molecule has 3 nitrogen and oxygen atoms in total. The molecule has 0 aromatic heterocycles. The summed E-state index contributed by atoms with van der Waals surface area (Å²) in [7, 11) is 0. The van der Waals surface area contributed by atoms with Crippen molar-refractivity contribution in [2.75, 3.05) is 13.2 Å². The molecule has 0 spiro atoms. The van der Waals surface area contributed by atoms with Gasteiger partial charge in [0.1, 0.15) is 0 Å². The summed E-state index contributed by atoms with van der Waals surface area (Å²) in [5.74, 6) is 0.804. The third kappa shape index (κ3) is 4.12. The van der Waals surface area contributed by atoms with Gasteiger partial charge in [0.15, 0.2) is 0 Å². The van der Waals surface area contributed by atoms with E-state index in [1.807, 2.05) is 4.90 Å². The van der Waals surface area contributed by atoms with Crippen LogP contribution in [-0.2, 0) is 4.79 Å². The first-order chi connectivity index (χ1) is 7.65. The van der Waals surface area contributed by atoms with E-state index in [0.717, 1.165) is 19.3 Å². The lowest BCUT2D eigenvalue weighted by Crippen LogP contribution is -2.40. The molecule has 1 amide bonds. The fourth-order valence-electron chi connectivity index (χ4n) is 2.39. The van der Waals surface area contributed by atoms with Crippen LogP contribution in [0.4, 0.5) is 0 Å². The number of aliphatic hydroxyl groups excluding tert-OH is 1. The molecule has 1 saturated carbocycles. The fraction of sp³-hybridized carbons (Fsp3) is 0.923. The predicted octanol–water partition coefficient (Wildman–Crippen LogP) is 2.19. The molecule has 1 N–H and O–H groups in total. The highest BCUT2D eigenvalue weighted by Crippen LogP contribution is 2.24. The second-order valence-corrected chi connectivity index (χ2v) is 5.18. The second kappa shape index (κ2) is 6.89. The number of hydrogen-bond donors (Lipinski definition) is 1. The molecule has 16 heavy (non-hydrogen) atoms. The molecule has 0 unspecified atom stereocenters. The van der Waals surface area contributed by atoms with Crippen molar-refractivity contribution < 1.29 is 9.90 Å². The van der Waals surface area contributed by atoms with Gasteiger partial charge in [-0.3, -0.25) is 4.79 Å². The Morgan fingerprint density at radius 3 is 2.50 bits per heavy atom. The van der Waals surface area contributed by atoms with Gasteiger partial charge in [0.25, 0.3) is 0 Å². The Morgan fingerprint density at radius 1 is 1.38 bits per heavy atom. The normalized spacial score (nSPS) is 17.0. The van der Waals surface area contributed by atoms with Gasteiger partial charge in [-0.05, 0) is 25.2 Å². The highest BCUT2D eigenvalue weighted by Gasteiger charge is 2.25. The molecule has 1 aliphatic carbocycles. The molecule has 0 bridgehead atoms. The van der Waals surface area contributed by atoms with Crippen LogP contribution in [0.1, 0.15) is 52.4 Å². The number of rotatable bonds is 6. The highest BCUT2D eigenvalue weighted by molar-refractivity contribution is 5.76. The molecule has 3 heteroatoms. The number of hydrogen-bond acceptors (Lipinski definition) is 2. The van der Waals surface area contributed by atoms with Crippen LogP contribution in [0.15, 0.2) is 0 Å². The summed E-state index contributed by atoms with van der Waals surface area (Å²) in [4.78, 5) is 14.0. The van der Waals surface area contributed by atoms with Crippen LogP contribution >= 0.6 is 0 Å². The molecule has 1 fully saturated rings. The van der Waals surface area contributed by atoms with Crippen molar-refractivity contribution in [2.24, 2.45) is 5.92 Å². The van der Waals surface area contributed by atoms with Gasteiger partial charge in [0, 0.05) is 19.0 Å². The standard InChI is InChI=1S/C13H25NO2/c1-11(2)7-8-13(16)14(9-10-15)12-5-3-4-6-12/h11-12,15H,3-10H2,1-2H3. The van der Waals surface area contributed by atoms with Gasteiger partial charge in [-0.2, -0.15) is 0 Å². The maximum atomic E-state index is 12.0. The van der Waals surface area contributed by atoms with E-state index in [1.165, 1.54) is 12.8 Å². The minimum absolute atomic E-state index is 0.0872. The van der Waals surface area contributed by atoms with E-state index in [-0.39, 0.29) is 12.5 Å². The number of amides is 1. The predicted molar refractivity (Wildman–Crippen MR) is 65.1 cm³/mol.